The van der Waals surface area contributed by atoms with Gasteiger partial charge in [-0.1, -0.05) is 18.2 Å². The number of piperazine rings is 1. The van der Waals surface area contributed by atoms with Crippen LogP contribution in [0.5, 0.6) is 0 Å². The van der Waals surface area contributed by atoms with Crippen molar-refractivity contribution < 1.29 is 4.39 Å². The van der Waals surface area contributed by atoms with Crippen LogP contribution in [-0.4, -0.2) is 60.1 Å². The Hall–Kier alpha value is -1.98. The van der Waals surface area contributed by atoms with Gasteiger partial charge in [-0.2, -0.15) is 0 Å². The fourth-order valence-corrected chi connectivity index (χ4v) is 4.23. The van der Waals surface area contributed by atoms with Crippen LogP contribution >= 0.6 is 0 Å². The maximum atomic E-state index is 14.0. The second-order valence-corrected chi connectivity index (χ2v) is 7.34. The van der Waals surface area contributed by atoms with E-state index < -0.39 is 0 Å². The minimum absolute atomic E-state index is 0.107. The van der Waals surface area contributed by atoms with E-state index in [0.29, 0.717) is 6.04 Å². The second kappa shape index (κ2) is 8.14. The molecule has 0 N–H and O–H groups in total. The fourth-order valence-electron chi connectivity index (χ4n) is 4.23. The summed E-state index contributed by atoms with van der Waals surface area (Å²) in [4.78, 5) is 11.5. The molecule has 4 rings (SSSR count). The lowest BCUT2D eigenvalue weighted by atomic mass is 10.0. The first-order chi connectivity index (χ1) is 12.8. The van der Waals surface area contributed by atoms with Crippen molar-refractivity contribution in [2.75, 3.05) is 44.2 Å². The molecule has 0 spiro atoms. The number of pyridine rings is 1. The molecule has 2 aromatic rings. The zero-order valence-corrected chi connectivity index (χ0v) is 15.2. The average molecular weight is 354 g/mol. The van der Waals surface area contributed by atoms with Gasteiger partial charge in [0, 0.05) is 51.2 Å². The Labute approximate surface area is 155 Å². The second-order valence-electron chi connectivity index (χ2n) is 7.34. The molecule has 26 heavy (non-hydrogen) atoms. The lowest BCUT2D eigenvalue weighted by Gasteiger charge is -2.43. The summed E-state index contributed by atoms with van der Waals surface area (Å²) in [6.07, 6.45) is 6.24. The van der Waals surface area contributed by atoms with Gasteiger partial charge in [-0.15, -0.1) is 0 Å². The number of hydrogen-bond donors (Lipinski definition) is 0. The highest BCUT2D eigenvalue weighted by Gasteiger charge is 2.28. The van der Waals surface area contributed by atoms with Crippen molar-refractivity contribution in [3.05, 3.63) is 60.2 Å². The molecule has 0 bridgehead atoms. The summed E-state index contributed by atoms with van der Waals surface area (Å²) in [6.45, 7) is 7.18. The van der Waals surface area contributed by atoms with Gasteiger partial charge in [0.25, 0.3) is 0 Å². The summed E-state index contributed by atoms with van der Waals surface area (Å²) in [6, 6.07) is 12.0. The number of rotatable bonds is 4. The smallest absolute Gasteiger partial charge is 0.146 e. The SMILES string of the molecule is Fc1ccccc1N1CCN(C2CCN(Cc3cccnc3)CC2)CC1. The number of nitrogens with zero attached hydrogens (tertiary/aromatic N) is 4. The van der Waals surface area contributed by atoms with Crippen molar-refractivity contribution in [3.63, 3.8) is 0 Å². The molecule has 1 aromatic heterocycles. The van der Waals surface area contributed by atoms with Crippen LogP contribution in [0.15, 0.2) is 48.8 Å². The normalized spacial score (nSPS) is 20.4. The minimum atomic E-state index is -0.107. The number of anilines is 1. The van der Waals surface area contributed by atoms with Crippen LogP contribution in [0.1, 0.15) is 18.4 Å². The van der Waals surface area contributed by atoms with Crippen LogP contribution in [0.3, 0.4) is 0 Å². The molecule has 2 aliphatic rings. The molecule has 5 heteroatoms. The van der Waals surface area contributed by atoms with E-state index in [9.17, 15) is 4.39 Å². The van der Waals surface area contributed by atoms with Crippen LogP contribution in [0.4, 0.5) is 10.1 Å². The molecular weight excluding hydrogens is 327 g/mol. The van der Waals surface area contributed by atoms with Crippen LogP contribution in [0, 0.1) is 5.82 Å². The van der Waals surface area contributed by atoms with Crippen molar-refractivity contribution in [1.82, 2.24) is 14.8 Å². The van der Waals surface area contributed by atoms with E-state index in [4.69, 9.17) is 0 Å². The number of piperidine rings is 1. The van der Waals surface area contributed by atoms with Gasteiger partial charge in [0.15, 0.2) is 0 Å². The van der Waals surface area contributed by atoms with Gasteiger partial charge < -0.3 is 4.90 Å². The van der Waals surface area contributed by atoms with Gasteiger partial charge >= 0.3 is 0 Å². The molecule has 0 saturated carbocycles. The number of likely N-dealkylation sites (tertiary alicyclic amines) is 1. The highest BCUT2D eigenvalue weighted by Crippen LogP contribution is 2.23. The maximum absolute atomic E-state index is 14.0. The van der Waals surface area contributed by atoms with Crippen molar-refractivity contribution in [1.29, 1.82) is 0 Å². The predicted molar refractivity (Wildman–Crippen MR) is 103 cm³/mol. The van der Waals surface area contributed by atoms with Gasteiger partial charge in [-0.25, -0.2) is 4.39 Å². The Morgan fingerprint density at radius 1 is 0.923 bits per heavy atom. The lowest BCUT2D eigenvalue weighted by molar-refractivity contribution is 0.0997. The average Bonchev–Trinajstić information content (AvgIpc) is 2.70. The third-order valence-corrected chi connectivity index (χ3v) is 5.71. The monoisotopic (exact) mass is 354 g/mol. The zero-order chi connectivity index (χ0) is 17.8. The van der Waals surface area contributed by atoms with E-state index in [-0.39, 0.29) is 5.82 Å². The number of hydrogen-bond acceptors (Lipinski definition) is 4. The van der Waals surface area contributed by atoms with Crippen molar-refractivity contribution in [2.45, 2.75) is 25.4 Å². The Kier molecular flexibility index (Phi) is 5.46. The highest BCUT2D eigenvalue weighted by atomic mass is 19.1. The Bertz CT molecular complexity index is 692. The van der Waals surface area contributed by atoms with Crippen LogP contribution in [-0.2, 0) is 6.54 Å². The molecule has 0 amide bonds. The summed E-state index contributed by atoms with van der Waals surface area (Å²) < 4.78 is 14.0. The summed E-state index contributed by atoms with van der Waals surface area (Å²) in [5, 5.41) is 0. The summed E-state index contributed by atoms with van der Waals surface area (Å²) in [5.41, 5.74) is 2.04. The van der Waals surface area contributed by atoms with Gasteiger partial charge in [-0.3, -0.25) is 14.8 Å². The molecule has 0 unspecified atom stereocenters. The highest BCUT2D eigenvalue weighted by molar-refractivity contribution is 5.48. The number of benzene rings is 1. The summed E-state index contributed by atoms with van der Waals surface area (Å²) in [5.74, 6) is -0.107. The van der Waals surface area contributed by atoms with Gasteiger partial charge in [0.2, 0.25) is 0 Å². The molecule has 2 fully saturated rings. The van der Waals surface area contributed by atoms with E-state index >= 15 is 0 Å². The lowest BCUT2D eigenvalue weighted by Crippen LogP contribution is -2.53. The van der Waals surface area contributed by atoms with E-state index in [1.165, 1.54) is 18.4 Å². The number of halogens is 1. The summed E-state index contributed by atoms with van der Waals surface area (Å²) >= 11 is 0. The van der Waals surface area contributed by atoms with Crippen molar-refractivity contribution >= 4 is 5.69 Å². The van der Waals surface area contributed by atoms with Crippen LogP contribution in [0.25, 0.3) is 0 Å². The Balaban J connectivity index is 1.25. The molecule has 0 atom stereocenters. The number of para-hydroxylation sites is 1. The van der Waals surface area contributed by atoms with Crippen molar-refractivity contribution in [2.24, 2.45) is 0 Å². The van der Waals surface area contributed by atoms with Gasteiger partial charge in [0.05, 0.1) is 5.69 Å². The van der Waals surface area contributed by atoms with Crippen molar-refractivity contribution in [3.8, 4) is 0 Å². The third kappa shape index (κ3) is 4.05. The molecule has 138 valence electrons. The van der Waals surface area contributed by atoms with Crippen LogP contribution < -0.4 is 4.90 Å². The molecule has 1 aromatic carbocycles. The predicted octanol–water partition coefficient (Wildman–Crippen LogP) is 3.01. The Morgan fingerprint density at radius 3 is 2.38 bits per heavy atom. The standard InChI is InChI=1S/C21H27FN4/c22-20-5-1-2-6-21(20)26-14-12-25(13-15-26)19-7-10-24(11-8-19)17-18-4-3-9-23-16-18/h1-6,9,16,19H,7-8,10-15,17H2. The molecule has 3 heterocycles. The van der Waals surface area contributed by atoms with E-state index in [2.05, 4.69) is 25.8 Å². The first-order valence-corrected chi connectivity index (χ1v) is 9.64. The van der Waals surface area contributed by atoms with E-state index in [0.717, 1.165) is 51.5 Å². The van der Waals surface area contributed by atoms with E-state index in [1.54, 1.807) is 12.1 Å². The third-order valence-electron chi connectivity index (χ3n) is 5.71. The minimum Gasteiger partial charge on any atom is -0.367 e. The zero-order valence-electron chi connectivity index (χ0n) is 15.2. The quantitative estimate of drug-likeness (QED) is 0.842. The van der Waals surface area contributed by atoms with E-state index in [1.807, 2.05) is 30.6 Å². The maximum Gasteiger partial charge on any atom is 0.146 e. The summed E-state index contributed by atoms with van der Waals surface area (Å²) in [7, 11) is 0. The van der Waals surface area contributed by atoms with Crippen LogP contribution in [0.2, 0.25) is 0 Å². The first kappa shape index (κ1) is 17.4. The molecular formula is C21H27FN4. The fraction of sp³-hybridized carbons (Fsp3) is 0.476. The molecule has 2 aliphatic heterocycles. The number of aromatic nitrogens is 1. The molecule has 4 nitrogen and oxygen atoms in total. The van der Waals surface area contributed by atoms with Gasteiger partial charge in [0.1, 0.15) is 5.82 Å². The van der Waals surface area contributed by atoms with Gasteiger partial charge in [-0.05, 0) is 49.7 Å². The largest absolute Gasteiger partial charge is 0.367 e. The Morgan fingerprint density at radius 2 is 1.69 bits per heavy atom. The molecule has 0 aliphatic carbocycles. The topological polar surface area (TPSA) is 22.6 Å². The first-order valence-electron chi connectivity index (χ1n) is 9.64. The molecule has 2 saturated heterocycles. The molecule has 0 radical (unpaired) electrons.